The quantitative estimate of drug-likeness (QED) is 0.827. The van der Waals surface area contributed by atoms with Gasteiger partial charge in [-0.15, -0.1) is 0 Å². The number of benzene rings is 1. The molecule has 18 heavy (non-hydrogen) atoms. The van der Waals surface area contributed by atoms with Crippen molar-refractivity contribution in [2.75, 3.05) is 18.9 Å². The lowest BCUT2D eigenvalue weighted by Crippen LogP contribution is -2.10. The predicted octanol–water partition coefficient (Wildman–Crippen LogP) is 2.31. The molecule has 0 aliphatic rings. The highest BCUT2D eigenvalue weighted by Crippen LogP contribution is 2.22. The number of nitrogen functional groups attached to an aromatic ring is 1. The van der Waals surface area contributed by atoms with Crippen molar-refractivity contribution in [1.82, 2.24) is 9.55 Å². The second-order valence-corrected chi connectivity index (χ2v) is 3.86. The van der Waals surface area contributed by atoms with Gasteiger partial charge in [0.25, 0.3) is 0 Å². The van der Waals surface area contributed by atoms with E-state index in [-0.39, 0.29) is 5.82 Å². The molecule has 0 saturated heterocycles. The van der Waals surface area contributed by atoms with Crippen molar-refractivity contribution in [2.24, 2.45) is 0 Å². The normalized spacial score (nSPS) is 10.8. The van der Waals surface area contributed by atoms with Gasteiger partial charge in [-0.1, -0.05) is 0 Å². The molecule has 0 aliphatic heterocycles. The Balaban J connectivity index is 2.24. The number of aromatic nitrogens is 2. The Bertz CT molecular complexity index is 507. The van der Waals surface area contributed by atoms with E-state index in [0.717, 1.165) is 11.3 Å². The molecule has 0 bridgehead atoms. The Morgan fingerprint density at radius 3 is 2.72 bits per heavy atom. The number of halogens is 1. The Labute approximate surface area is 105 Å². The van der Waals surface area contributed by atoms with Crippen molar-refractivity contribution < 1.29 is 9.13 Å². The van der Waals surface area contributed by atoms with Gasteiger partial charge in [0.05, 0.1) is 18.5 Å². The van der Waals surface area contributed by atoms with E-state index in [2.05, 4.69) is 4.98 Å². The van der Waals surface area contributed by atoms with Crippen LogP contribution in [0.1, 0.15) is 6.92 Å². The monoisotopic (exact) mass is 249 g/mol. The fraction of sp³-hybridized carbons (Fsp3) is 0.308. The molecule has 1 aromatic carbocycles. The average molecular weight is 249 g/mol. The van der Waals surface area contributed by atoms with Crippen LogP contribution < -0.4 is 5.73 Å². The third-order valence-electron chi connectivity index (χ3n) is 2.69. The second-order valence-electron chi connectivity index (χ2n) is 3.86. The van der Waals surface area contributed by atoms with E-state index in [4.69, 9.17) is 10.5 Å². The summed E-state index contributed by atoms with van der Waals surface area (Å²) in [7, 11) is 0. The molecule has 0 aliphatic carbocycles. The third-order valence-corrected chi connectivity index (χ3v) is 2.69. The number of hydrogen-bond donors (Lipinski definition) is 1. The summed E-state index contributed by atoms with van der Waals surface area (Å²) < 4.78 is 20.1. The van der Waals surface area contributed by atoms with Crippen molar-refractivity contribution >= 4 is 5.95 Å². The first-order valence-electron chi connectivity index (χ1n) is 5.87. The van der Waals surface area contributed by atoms with Crippen LogP contribution >= 0.6 is 0 Å². The van der Waals surface area contributed by atoms with E-state index >= 15 is 0 Å². The molecule has 2 rings (SSSR count). The Hall–Kier alpha value is -1.88. The minimum atomic E-state index is -0.257. The summed E-state index contributed by atoms with van der Waals surface area (Å²) in [6.45, 7) is 3.82. The van der Waals surface area contributed by atoms with Gasteiger partial charge < -0.3 is 15.0 Å². The number of imidazole rings is 1. The summed E-state index contributed by atoms with van der Waals surface area (Å²) in [5.74, 6) is 0.182. The number of nitrogens with zero attached hydrogens (tertiary/aromatic N) is 2. The van der Waals surface area contributed by atoms with Crippen LogP contribution in [0.5, 0.6) is 0 Å². The molecule has 0 amide bonds. The summed E-state index contributed by atoms with van der Waals surface area (Å²) in [6, 6.07) is 6.27. The van der Waals surface area contributed by atoms with Gasteiger partial charge in [-0.25, -0.2) is 9.37 Å². The Kier molecular flexibility index (Phi) is 3.94. The molecular weight excluding hydrogens is 233 g/mol. The summed E-state index contributed by atoms with van der Waals surface area (Å²) in [6.07, 6.45) is 1.69. The van der Waals surface area contributed by atoms with E-state index in [9.17, 15) is 4.39 Å². The van der Waals surface area contributed by atoms with Crippen molar-refractivity contribution in [3.63, 3.8) is 0 Å². The van der Waals surface area contributed by atoms with Crippen molar-refractivity contribution in [3.8, 4) is 11.3 Å². The topological polar surface area (TPSA) is 53.1 Å². The lowest BCUT2D eigenvalue weighted by Gasteiger charge is -2.10. The van der Waals surface area contributed by atoms with Crippen molar-refractivity contribution in [2.45, 2.75) is 13.5 Å². The first-order valence-corrected chi connectivity index (χ1v) is 5.87. The predicted molar refractivity (Wildman–Crippen MR) is 68.5 cm³/mol. The van der Waals surface area contributed by atoms with Crippen LogP contribution in [0.25, 0.3) is 11.3 Å². The third kappa shape index (κ3) is 2.68. The lowest BCUT2D eigenvalue weighted by molar-refractivity contribution is 0.139. The molecular formula is C13H16FN3O. The fourth-order valence-corrected chi connectivity index (χ4v) is 1.78. The molecule has 1 aromatic heterocycles. The summed E-state index contributed by atoms with van der Waals surface area (Å²) in [4.78, 5) is 4.09. The molecule has 96 valence electrons. The van der Waals surface area contributed by atoms with Gasteiger partial charge in [0.2, 0.25) is 5.95 Å². The maximum Gasteiger partial charge on any atom is 0.200 e. The van der Waals surface area contributed by atoms with E-state index in [1.165, 1.54) is 12.1 Å². The maximum absolute atomic E-state index is 12.9. The fourth-order valence-electron chi connectivity index (χ4n) is 1.78. The highest BCUT2D eigenvalue weighted by molar-refractivity contribution is 5.61. The second kappa shape index (κ2) is 5.64. The highest BCUT2D eigenvalue weighted by atomic mass is 19.1. The van der Waals surface area contributed by atoms with E-state index in [1.54, 1.807) is 18.3 Å². The van der Waals surface area contributed by atoms with Gasteiger partial charge >= 0.3 is 0 Å². The lowest BCUT2D eigenvalue weighted by atomic mass is 10.1. The van der Waals surface area contributed by atoms with Crippen LogP contribution in [0, 0.1) is 5.82 Å². The van der Waals surface area contributed by atoms with Crippen LogP contribution in [0.2, 0.25) is 0 Å². The van der Waals surface area contributed by atoms with Gasteiger partial charge in [0.1, 0.15) is 5.82 Å². The zero-order chi connectivity index (χ0) is 13.0. The number of anilines is 1. The van der Waals surface area contributed by atoms with E-state index < -0.39 is 0 Å². The number of ether oxygens (including phenoxy) is 1. The zero-order valence-corrected chi connectivity index (χ0v) is 10.3. The highest BCUT2D eigenvalue weighted by Gasteiger charge is 2.09. The van der Waals surface area contributed by atoms with E-state index in [0.29, 0.717) is 25.7 Å². The number of hydrogen-bond acceptors (Lipinski definition) is 3. The van der Waals surface area contributed by atoms with Gasteiger partial charge in [-0.3, -0.25) is 0 Å². The van der Waals surface area contributed by atoms with Crippen molar-refractivity contribution in [1.29, 1.82) is 0 Å². The summed E-state index contributed by atoms with van der Waals surface area (Å²) in [5, 5.41) is 0. The maximum atomic E-state index is 12.9. The first-order chi connectivity index (χ1) is 8.72. The average Bonchev–Trinajstić information content (AvgIpc) is 2.73. The van der Waals surface area contributed by atoms with Crippen LogP contribution in [-0.4, -0.2) is 22.8 Å². The van der Waals surface area contributed by atoms with Gasteiger partial charge in [-0.05, 0) is 31.2 Å². The minimum Gasteiger partial charge on any atom is -0.380 e. The van der Waals surface area contributed by atoms with Gasteiger partial charge in [-0.2, -0.15) is 0 Å². The smallest absolute Gasteiger partial charge is 0.200 e. The van der Waals surface area contributed by atoms with Crippen LogP contribution in [0.4, 0.5) is 10.3 Å². The molecule has 0 fully saturated rings. The number of rotatable bonds is 5. The Morgan fingerprint density at radius 2 is 2.06 bits per heavy atom. The van der Waals surface area contributed by atoms with Crippen molar-refractivity contribution in [3.05, 3.63) is 36.3 Å². The molecule has 0 atom stereocenters. The number of nitrogens with two attached hydrogens (primary N) is 1. The molecule has 1 heterocycles. The first kappa shape index (κ1) is 12.6. The van der Waals surface area contributed by atoms with Crippen LogP contribution in [-0.2, 0) is 11.3 Å². The summed E-state index contributed by atoms with van der Waals surface area (Å²) in [5.41, 5.74) is 7.57. The molecule has 0 saturated carbocycles. The largest absolute Gasteiger partial charge is 0.380 e. The molecule has 2 N–H and O–H groups in total. The molecule has 0 unspecified atom stereocenters. The molecule has 2 aromatic rings. The van der Waals surface area contributed by atoms with Gasteiger partial charge in [0.15, 0.2) is 0 Å². The zero-order valence-electron chi connectivity index (χ0n) is 10.3. The molecule has 5 heteroatoms. The van der Waals surface area contributed by atoms with Crippen LogP contribution in [0.15, 0.2) is 30.5 Å². The van der Waals surface area contributed by atoms with Crippen LogP contribution in [0.3, 0.4) is 0 Å². The standard InChI is InChI=1S/C13H16FN3O/c1-2-18-8-7-17-12(9-16-13(17)15)10-3-5-11(14)6-4-10/h3-6,9H,2,7-8H2,1H3,(H2,15,16). The SMILES string of the molecule is CCOCCn1c(-c2ccc(F)cc2)cnc1N. The van der Waals surface area contributed by atoms with Gasteiger partial charge in [0, 0.05) is 18.7 Å². The molecule has 0 radical (unpaired) electrons. The van der Waals surface area contributed by atoms with E-state index in [1.807, 2.05) is 11.5 Å². The Morgan fingerprint density at radius 1 is 1.33 bits per heavy atom. The molecule has 4 nitrogen and oxygen atoms in total. The summed E-state index contributed by atoms with van der Waals surface area (Å²) >= 11 is 0. The molecule has 0 spiro atoms. The minimum absolute atomic E-state index is 0.257.